The standard InChI is InChI=1S/C17H11BrClF3N4/c18-11-5-9(7-23-8-11)15-12-3-4-24-16(12)26(25-15)14-6-10(17(20,21)22)1-2-13(14)19/h1-2,5-8,24H,3-4H2. The van der Waals surface area contributed by atoms with Crippen molar-refractivity contribution >= 4 is 33.3 Å². The van der Waals surface area contributed by atoms with Crippen molar-refractivity contribution in [1.29, 1.82) is 0 Å². The Hall–Kier alpha value is -2.06. The van der Waals surface area contributed by atoms with Gasteiger partial charge in [-0.25, -0.2) is 4.68 Å². The first-order chi connectivity index (χ1) is 12.3. The van der Waals surface area contributed by atoms with E-state index in [1.807, 2.05) is 6.07 Å². The second-order valence-electron chi connectivity index (χ2n) is 5.82. The van der Waals surface area contributed by atoms with E-state index in [9.17, 15) is 13.2 Å². The van der Waals surface area contributed by atoms with Crippen molar-refractivity contribution in [3.8, 4) is 16.9 Å². The fourth-order valence-corrected chi connectivity index (χ4v) is 3.54. The number of nitrogens with one attached hydrogen (secondary N) is 1. The summed E-state index contributed by atoms with van der Waals surface area (Å²) in [7, 11) is 0. The molecule has 134 valence electrons. The van der Waals surface area contributed by atoms with Crippen molar-refractivity contribution in [3.63, 3.8) is 0 Å². The lowest BCUT2D eigenvalue weighted by Gasteiger charge is -2.12. The summed E-state index contributed by atoms with van der Waals surface area (Å²) in [4.78, 5) is 4.14. The normalized spacial score (nSPS) is 13.6. The molecule has 0 saturated carbocycles. The van der Waals surface area contributed by atoms with Crippen LogP contribution in [0.2, 0.25) is 5.02 Å². The monoisotopic (exact) mass is 442 g/mol. The van der Waals surface area contributed by atoms with Crippen molar-refractivity contribution in [3.05, 3.63) is 57.3 Å². The number of benzene rings is 1. The lowest BCUT2D eigenvalue weighted by Crippen LogP contribution is -2.09. The molecule has 0 radical (unpaired) electrons. The summed E-state index contributed by atoms with van der Waals surface area (Å²) in [6.07, 6.45) is -0.416. The molecule has 1 N–H and O–H groups in total. The summed E-state index contributed by atoms with van der Waals surface area (Å²) in [5.74, 6) is 0.654. The van der Waals surface area contributed by atoms with E-state index in [0.29, 0.717) is 24.5 Å². The summed E-state index contributed by atoms with van der Waals surface area (Å²) in [5.41, 5.74) is 1.79. The highest BCUT2D eigenvalue weighted by Crippen LogP contribution is 2.38. The number of hydrogen-bond acceptors (Lipinski definition) is 3. The van der Waals surface area contributed by atoms with Crippen molar-refractivity contribution in [2.75, 3.05) is 11.9 Å². The van der Waals surface area contributed by atoms with Gasteiger partial charge in [0, 0.05) is 34.5 Å². The second-order valence-corrected chi connectivity index (χ2v) is 7.14. The summed E-state index contributed by atoms with van der Waals surface area (Å²) >= 11 is 9.56. The van der Waals surface area contributed by atoms with Crippen LogP contribution in [0.5, 0.6) is 0 Å². The van der Waals surface area contributed by atoms with Gasteiger partial charge in [0.1, 0.15) is 5.82 Å². The summed E-state index contributed by atoms with van der Waals surface area (Å²) in [6.45, 7) is 0.679. The fourth-order valence-electron chi connectivity index (χ4n) is 2.97. The van der Waals surface area contributed by atoms with Crippen molar-refractivity contribution in [2.45, 2.75) is 12.6 Å². The lowest BCUT2D eigenvalue weighted by atomic mass is 10.1. The minimum Gasteiger partial charge on any atom is -0.369 e. The maximum Gasteiger partial charge on any atom is 0.416 e. The maximum atomic E-state index is 13.1. The molecular formula is C17H11BrClF3N4. The van der Waals surface area contributed by atoms with Crippen LogP contribution in [0, 0.1) is 0 Å². The van der Waals surface area contributed by atoms with Crippen LogP contribution in [0.4, 0.5) is 19.0 Å². The predicted molar refractivity (Wildman–Crippen MR) is 96.7 cm³/mol. The first-order valence-electron chi connectivity index (χ1n) is 7.68. The molecule has 1 aromatic carbocycles. The number of pyridine rings is 1. The van der Waals surface area contributed by atoms with Crippen LogP contribution >= 0.6 is 27.5 Å². The van der Waals surface area contributed by atoms with Crippen LogP contribution in [-0.4, -0.2) is 21.3 Å². The molecule has 4 nitrogen and oxygen atoms in total. The zero-order chi connectivity index (χ0) is 18.5. The SMILES string of the molecule is FC(F)(F)c1ccc(Cl)c(-n2nc(-c3cncc(Br)c3)c3c2NCC3)c1. The Kier molecular flexibility index (Phi) is 4.19. The fraction of sp³-hybridized carbons (Fsp3) is 0.176. The molecule has 0 saturated heterocycles. The number of hydrogen-bond donors (Lipinski definition) is 1. The van der Waals surface area contributed by atoms with Gasteiger partial charge in [0.2, 0.25) is 0 Å². The van der Waals surface area contributed by atoms with Gasteiger partial charge in [0.15, 0.2) is 0 Å². The Labute approximate surface area is 160 Å². The number of aromatic nitrogens is 3. The van der Waals surface area contributed by atoms with Gasteiger partial charge in [-0.15, -0.1) is 0 Å². The molecule has 0 bridgehead atoms. The maximum absolute atomic E-state index is 13.1. The predicted octanol–water partition coefficient (Wildman–Crippen LogP) is 5.34. The molecule has 0 fully saturated rings. The smallest absolute Gasteiger partial charge is 0.369 e. The highest BCUT2D eigenvalue weighted by molar-refractivity contribution is 9.10. The van der Waals surface area contributed by atoms with E-state index in [4.69, 9.17) is 11.6 Å². The van der Waals surface area contributed by atoms with Crippen molar-refractivity contribution in [1.82, 2.24) is 14.8 Å². The summed E-state index contributed by atoms with van der Waals surface area (Å²) in [6, 6.07) is 5.08. The van der Waals surface area contributed by atoms with E-state index < -0.39 is 11.7 Å². The molecule has 1 aliphatic heterocycles. The number of anilines is 1. The van der Waals surface area contributed by atoms with Gasteiger partial charge in [-0.1, -0.05) is 11.6 Å². The first kappa shape index (κ1) is 17.4. The van der Waals surface area contributed by atoms with Crippen LogP contribution in [0.25, 0.3) is 16.9 Å². The number of halogens is 5. The number of fused-ring (bicyclic) bond motifs is 1. The number of alkyl halides is 3. The number of nitrogens with zero attached hydrogens (tertiary/aromatic N) is 3. The zero-order valence-corrected chi connectivity index (χ0v) is 15.5. The van der Waals surface area contributed by atoms with E-state index in [0.717, 1.165) is 27.7 Å². The molecular weight excluding hydrogens is 433 g/mol. The molecule has 9 heteroatoms. The third kappa shape index (κ3) is 2.97. The highest BCUT2D eigenvalue weighted by Gasteiger charge is 2.32. The molecule has 26 heavy (non-hydrogen) atoms. The molecule has 3 heterocycles. The minimum absolute atomic E-state index is 0.182. The molecule has 0 spiro atoms. The van der Waals surface area contributed by atoms with Gasteiger partial charge in [-0.05, 0) is 46.6 Å². The molecule has 0 aliphatic carbocycles. The minimum atomic E-state index is -4.46. The molecule has 3 aromatic rings. The number of rotatable bonds is 2. The molecule has 2 aromatic heterocycles. The van der Waals surface area contributed by atoms with Gasteiger partial charge >= 0.3 is 6.18 Å². The van der Waals surface area contributed by atoms with Crippen LogP contribution in [0.1, 0.15) is 11.1 Å². The van der Waals surface area contributed by atoms with Crippen LogP contribution < -0.4 is 5.32 Å². The zero-order valence-electron chi connectivity index (χ0n) is 13.1. The van der Waals surface area contributed by atoms with Gasteiger partial charge in [0.05, 0.1) is 22.0 Å². The van der Waals surface area contributed by atoms with E-state index >= 15 is 0 Å². The van der Waals surface area contributed by atoms with E-state index in [1.54, 1.807) is 12.4 Å². The molecule has 4 rings (SSSR count). The van der Waals surface area contributed by atoms with Gasteiger partial charge in [0.25, 0.3) is 0 Å². The summed E-state index contributed by atoms with van der Waals surface area (Å²) in [5, 5.41) is 7.92. The van der Waals surface area contributed by atoms with E-state index in [-0.39, 0.29) is 10.7 Å². The molecule has 1 aliphatic rings. The first-order valence-corrected chi connectivity index (χ1v) is 8.85. The third-order valence-electron chi connectivity index (χ3n) is 4.13. The molecule has 0 amide bonds. The van der Waals surface area contributed by atoms with E-state index in [1.165, 1.54) is 10.7 Å². The van der Waals surface area contributed by atoms with Crippen LogP contribution in [0.3, 0.4) is 0 Å². The highest BCUT2D eigenvalue weighted by atomic mass is 79.9. The third-order valence-corrected chi connectivity index (χ3v) is 4.88. The topological polar surface area (TPSA) is 42.7 Å². The Morgan fingerprint density at radius 3 is 2.73 bits per heavy atom. The Balaban J connectivity index is 1.91. The molecule has 0 atom stereocenters. The summed E-state index contributed by atoms with van der Waals surface area (Å²) < 4.78 is 41.5. The van der Waals surface area contributed by atoms with Gasteiger partial charge < -0.3 is 5.32 Å². The Morgan fingerprint density at radius 2 is 2.00 bits per heavy atom. The van der Waals surface area contributed by atoms with Crippen LogP contribution in [-0.2, 0) is 12.6 Å². The van der Waals surface area contributed by atoms with Gasteiger partial charge in [-0.2, -0.15) is 18.3 Å². The van der Waals surface area contributed by atoms with E-state index in [2.05, 4.69) is 31.3 Å². The largest absolute Gasteiger partial charge is 0.416 e. The van der Waals surface area contributed by atoms with Crippen molar-refractivity contribution < 1.29 is 13.2 Å². The average Bonchev–Trinajstić information content (AvgIpc) is 3.16. The average molecular weight is 444 g/mol. The second kappa shape index (κ2) is 6.28. The van der Waals surface area contributed by atoms with Crippen LogP contribution in [0.15, 0.2) is 41.1 Å². The Bertz CT molecular complexity index is 1000. The molecule has 0 unspecified atom stereocenters. The lowest BCUT2D eigenvalue weighted by molar-refractivity contribution is -0.137. The van der Waals surface area contributed by atoms with Gasteiger partial charge in [-0.3, -0.25) is 4.98 Å². The quantitative estimate of drug-likeness (QED) is 0.582. The van der Waals surface area contributed by atoms with Crippen molar-refractivity contribution in [2.24, 2.45) is 0 Å². The Morgan fingerprint density at radius 1 is 1.19 bits per heavy atom.